The zero-order valence-electron chi connectivity index (χ0n) is 37.2. The highest BCUT2D eigenvalue weighted by Crippen LogP contribution is 2.44. The molecule has 0 aliphatic rings. The van der Waals surface area contributed by atoms with Gasteiger partial charge < -0.3 is 27.9 Å². The van der Waals surface area contributed by atoms with E-state index in [1.165, 1.54) is 0 Å². The number of carbonyl (C=O) groups is 2. The molecule has 0 fully saturated rings. The van der Waals surface area contributed by atoms with E-state index in [4.69, 9.17) is 28.4 Å². The third-order valence-corrected chi connectivity index (χ3v) is 17.6. The van der Waals surface area contributed by atoms with E-state index in [9.17, 15) is 9.59 Å². The predicted octanol–water partition coefficient (Wildman–Crippen LogP) is 11.9. The molecule has 0 radical (unpaired) electrons. The van der Waals surface area contributed by atoms with Gasteiger partial charge in [0.15, 0.2) is 20.2 Å². The fourth-order valence-electron chi connectivity index (χ4n) is 6.56. The number of pyridine rings is 1. The second kappa shape index (κ2) is 19.6. The maximum atomic E-state index is 14.7. The third kappa shape index (κ3) is 11.5. The van der Waals surface area contributed by atoms with Crippen LogP contribution in [0.3, 0.4) is 0 Å². The molecule has 0 amide bonds. The topological polar surface area (TPSA) is 98.1 Å². The molecule has 0 saturated heterocycles. The van der Waals surface area contributed by atoms with E-state index >= 15 is 0 Å². The number of fused-ring (bicyclic) bond motifs is 1. The highest BCUT2D eigenvalue weighted by molar-refractivity contribution is 6.76. The molecule has 2 aromatic heterocycles. The van der Waals surface area contributed by atoms with Gasteiger partial charge in [0.1, 0.15) is 25.6 Å². The summed E-state index contributed by atoms with van der Waals surface area (Å²) >= 11 is 0. The van der Waals surface area contributed by atoms with Crippen LogP contribution in [0.25, 0.3) is 22.2 Å². The summed E-state index contributed by atoms with van der Waals surface area (Å²) in [5.41, 5.74) is 6.91. The van der Waals surface area contributed by atoms with E-state index in [1.807, 2.05) is 115 Å². The van der Waals surface area contributed by atoms with Crippen LogP contribution in [-0.2, 0) is 54.0 Å². The van der Waals surface area contributed by atoms with Gasteiger partial charge in [-0.2, -0.15) is 0 Å². The molecule has 6 rings (SSSR count). The quantitative estimate of drug-likeness (QED) is 0.0344. The monoisotopic (exact) mass is 856 g/mol. The zero-order valence-corrected chi connectivity index (χ0v) is 39.2. The molecule has 0 N–H and O–H groups in total. The van der Waals surface area contributed by atoms with Crippen LogP contribution in [0.2, 0.25) is 43.8 Å². The van der Waals surface area contributed by atoms with Crippen LogP contribution in [0.15, 0.2) is 109 Å². The normalized spacial score (nSPS) is 12.1. The van der Waals surface area contributed by atoms with Crippen LogP contribution in [0.5, 0.6) is 11.6 Å². The molecule has 0 atom stereocenters. The molecular formula is C50H60N2O7Si2. The number of ether oxygens (including phenoxy) is 4. The molecule has 320 valence electrons. The molecule has 0 aliphatic heterocycles. The molecule has 61 heavy (non-hydrogen) atoms. The van der Waals surface area contributed by atoms with Crippen molar-refractivity contribution in [1.82, 2.24) is 9.55 Å². The molecule has 2 heterocycles. The maximum absolute atomic E-state index is 14.7. The van der Waals surface area contributed by atoms with Gasteiger partial charge in [0.2, 0.25) is 5.88 Å². The number of aryl methyl sites for hydroxylation is 1. The lowest BCUT2D eigenvalue weighted by Gasteiger charge is -2.36. The first kappa shape index (κ1) is 45.2. The van der Waals surface area contributed by atoms with E-state index in [0.717, 1.165) is 51.1 Å². The van der Waals surface area contributed by atoms with E-state index in [0.29, 0.717) is 30.2 Å². The van der Waals surface area contributed by atoms with Gasteiger partial charge in [-0.05, 0) is 64.6 Å². The van der Waals surface area contributed by atoms with Crippen molar-refractivity contribution in [1.29, 1.82) is 0 Å². The summed E-state index contributed by atoms with van der Waals surface area (Å²) in [6, 6.07) is 36.2. The Morgan fingerprint density at radius 3 is 1.87 bits per heavy atom. The van der Waals surface area contributed by atoms with Gasteiger partial charge in [0, 0.05) is 43.8 Å². The van der Waals surface area contributed by atoms with Gasteiger partial charge in [0.25, 0.3) is 0 Å². The summed E-state index contributed by atoms with van der Waals surface area (Å²) < 4.78 is 34.9. The summed E-state index contributed by atoms with van der Waals surface area (Å²) in [7, 11) is -1.90. The number of rotatable bonds is 19. The molecule has 0 unspecified atom stereocenters. The van der Waals surface area contributed by atoms with Crippen LogP contribution in [0, 0.1) is 0 Å². The largest absolute Gasteiger partial charge is 0.487 e. The van der Waals surface area contributed by atoms with Crippen LogP contribution in [-0.4, -0.2) is 44.8 Å². The van der Waals surface area contributed by atoms with Crippen molar-refractivity contribution in [2.24, 2.45) is 7.05 Å². The minimum Gasteiger partial charge on any atom is -0.487 e. The summed E-state index contributed by atoms with van der Waals surface area (Å²) in [4.78, 5) is 32.2. The first-order chi connectivity index (χ1) is 29.0. The number of benzene rings is 4. The lowest BCUT2D eigenvalue weighted by molar-refractivity contribution is 0.0460. The summed E-state index contributed by atoms with van der Waals surface area (Å²) in [5.74, 6) is -0.281. The van der Waals surface area contributed by atoms with E-state index in [1.54, 1.807) is 0 Å². The number of esters is 1. The van der Waals surface area contributed by atoms with Crippen molar-refractivity contribution in [2.75, 3.05) is 6.61 Å². The Labute approximate surface area is 363 Å². The summed E-state index contributed by atoms with van der Waals surface area (Å²) in [5, 5.41) is 0.735. The fraction of sp³-hybridized carbons (Fsp3) is 0.340. The molecule has 0 bridgehead atoms. The van der Waals surface area contributed by atoms with Crippen molar-refractivity contribution in [3.63, 3.8) is 0 Å². The van der Waals surface area contributed by atoms with Gasteiger partial charge in [0.05, 0.1) is 24.6 Å². The molecule has 0 aliphatic carbocycles. The number of hydrogen-bond acceptors (Lipinski definition) is 8. The van der Waals surface area contributed by atoms with Crippen molar-refractivity contribution in [3.8, 4) is 22.9 Å². The minimum absolute atomic E-state index is 0.0378. The highest BCUT2D eigenvalue weighted by Gasteiger charge is 2.39. The summed E-state index contributed by atoms with van der Waals surface area (Å²) in [6.45, 7) is 19.3. The van der Waals surface area contributed by atoms with Crippen molar-refractivity contribution >= 4 is 39.5 Å². The van der Waals surface area contributed by atoms with Crippen LogP contribution in [0.1, 0.15) is 69.4 Å². The fourth-order valence-corrected chi connectivity index (χ4v) is 8.26. The smallest absolute Gasteiger partial charge is 0.347 e. The van der Waals surface area contributed by atoms with Gasteiger partial charge in [-0.1, -0.05) is 131 Å². The number of aromatic nitrogens is 2. The SMILES string of the molecule is Cn1c(C=O)cc2cc(-c3nc(OCc4ccccc4)c(C(=O)OCc4ccccc4)c(OCc4ccccc4)c3CO[Si](C)(C)C(C)(C)C)c(COCC[Si](C)(C)C)cc21. The number of carbonyl (C=O) groups excluding carboxylic acids is 2. The van der Waals surface area contributed by atoms with Crippen molar-refractivity contribution in [2.45, 2.75) is 97.6 Å². The average molecular weight is 857 g/mol. The maximum Gasteiger partial charge on any atom is 0.347 e. The van der Waals surface area contributed by atoms with Gasteiger partial charge in [-0.15, -0.1) is 0 Å². The van der Waals surface area contributed by atoms with Crippen LogP contribution < -0.4 is 9.47 Å². The number of nitrogens with zero attached hydrogens (tertiary/aromatic N) is 2. The Kier molecular flexibility index (Phi) is 14.5. The van der Waals surface area contributed by atoms with Crippen LogP contribution >= 0.6 is 0 Å². The van der Waals surface area contributed by atoms with Gasteiger partial charge >= 0.3 is 5.97 Å². The molecule has 0 spiro atoms. The Morgan fingerprint density at radius 2 is 1.31 bits per heavy atom. The third-order valence-electron chi connectivity index (χ3n) is 11.4. The van der Waals surface area contributed by atoms with Gasteiger partial charge in [-0.3, -0.25) is 4.79 Å². The first-order valence-corrected chi connectivity index (χ1v) is 27.6. The molecule has 9 nitrogen and oxygen atoms in total. The zero-order chi connectivity index (χ0) is 43.8. The van der Waals surface area contributed by atoms with Gasteiger partial charge in [-0.25, -0.2) is 9.78 Å². The van der Waals surface area contributed by atoms with E-state index < -0.39 is 22.4 Å². The predicted molar refractivity (Wildman–Crippen MR) is 248 cm³/mol. The molecule has 11 heteroatoms. The highest BCUT2D eigenvalue weighted by atomic mass is 28.4. The Hall–Kier alpha value is -5.34. The Morgan fingerprint density at radius 1 is 0.738 bits per heavy atom. The van der Waals surface area contributed by atoms with E-state index in [-0.39, 0.29) is 48.7 Å². The first-order valence-electron chi connectivity index (χ1n) is 21.0. The second-order valence-corrected chi connectivity index (χ2v) is 28.7. The molecule has 4 aromatic carbocycles. The lowest BCUT2D eigenvalue weighted by Crippen LogP contribution is -2.40. The standard InChI is InChI=1S/C50H60N2O7Si2/c1-50(2,3)61(8,9)59-35-43-46(42-28-39-27-41(30-53)52(4)44(39)29-40(42)34-55-25-26-60(5,6)7)51-48(57-32-37-21-15-11-16-22-37)45(47(43)56-31-36-19-13-10-14-20-36)49(54)58-33-38-23-17-12-18-24-38/h10-24,27-30H,25-26,31-35H2,1-9H3. The summed E-state index contributed by atoms with van der Waals surface area (Å²) in [6.07, 6.45) is 0.863. The average Bonchev–Trinajstić information content (AvgIpc) is 3.55. The van der Waals surface area contributed by atoms with E-state index in [2.05, 4.69) is 59.6 Å². The molecular weight excluding hydrogens is 797 g/mol. The van der Waals surface area contributed by atoms with Crippen molar-refractivity contribution < 1.29 is 33.0 Å². The van der Waals surface area contributed by atoms with Crippen LogP contribution in [0.4, 0.5) is 0 Å². The Balaban J connectivity index is 1.62. The Bertz CT molecular complexity index is 2420. The minimum atomic E-state index is -2.40. The number of hydrogen-bond donors (Lipinski definition) is 0. The number of aldehydes is 1. The molecule has 0 saturated carbocycles. The second-order valence-electron chi connectivity index (χ2n) is 18.3. The van der Waals surface area contributed by atoms with Crippen molar-refractivity contribution in [3.05, 3.63) is 148 Å². The molecule has 6 aromatic rings. The lowest BCUT2D eigenvalue weighted by atomic mass is 9.96.